The first kappa shape index (κ1) is 16.6. The summed E-state index contributed by atoms with van der Waals surface area (Å²) < 4.78 is 10.2. The second kappa shape index (κ2) is 6.97. The monoisotopic (exact) mass is 336 g/mol. The Hall–Kier alpha value is -2.80. The molecule has 0 aliphatic carbocycles. The van der Waals surface area contributed by atoms with E-state index in [0.29, 0.717) is 5.56 Å². The fraction of sp³-hybridized carbons (Fsp3) is 0.133. The van der Waals surface area contributed by atoms with E-state index < -0.39 is 10.9 Å². The molecule has 23 heavy (non-hydrogen) atoms. The Kier molecular flexibility index (Phi) is 5.02. The molecular formula is C15H13ClN2O5. The highest BCUT2D eigenvalue weighted by molar-refractivity contribution is 6.33. The van der Waals surface area contributed by atoms with Crippen LogP contribution in [0.15, 0.2) is 36.4 Å². The van der Waals surface area contributed by atoms with Gasteiger partial charge in [0.25, 0.3) is 5.69 Å². The molecule has 2 N–H and O–H groups in total. The zero-order valence-corrected chi connectivity index (χ0v) is 12.9. The molecule has 0 saturated heterocycles. The lowest BCUT2D eigenvalue weighted by molar-refractivity contribution is -0.384. The van der Waals surface area contributed by atoms with Gasteiger partial charge >= 0.3 is 5.97 Å². The first-order chi connectivity index (χ1) is 10.9. The topological polar surface area (TPSA) is 105 Å². The summed E-state index contributed by atoms with van der Waals surface area (Å²) in [5.41, 5.74) is 6.66. The summed E-state index contributed by atoms with van der Waals surface area (Å²) in [7, 11) is 1.40. The molecule has 0 bridgehead atoms. The zero-order valence-electron chi connectivity index (χ0n) is 12.1. The molecule has 0 fully saturated rings. The van der Waals surface area contributed by atoms with Crippen LogP contribution in [0.2, 0.25) is 5.02 Å². The van der Waals surface area contributed by atoms with E-state index in [1.165, 1.54) is 43.5 Å². The van der Waals surface area contributed by atoms with E-state index in [4.69, 9.17) is 26.8 Å². The van der Waals surface area contributed by atoms with Crippen LogP contribution in [0.3, 0.4) is 0 Å². The van der Waals surface area contributed by atoms with Crippen LogP contribution in [0.1, 0.15) is 15.9 Å². The third-order valence-corrected chi connectivity index (χ3v) is 3.38. The van der Waals surface area contributed by atoms with Gasteiger partial charge in [-0.1, -0.05) is 11.6 Å². The van der Waals surface area contributed by atoms with E-state index in [1.54, 1.807) is 0 Å². The minimum Gasteiger partial charge on any atom is -0.496 e. The molecule has 0 unspecified atom stereocenters. The first-order valence-corrected chi connectivity index (χ1v) is 6.83. The number of hydrogen-bond acceptors (Lipinski definition) is 6. The number of esters is 1. The van der Waals surface area contributed by atoms with Crippen molar-refractivity contribution in [1.82, 2.24) is 0 Å². The van der Waals surface area contributed by atoms with Crippen LogP contribution >= 0.6 is 11.6 Å². The number of nitro benzene ring substituents is 1. The van der Waals surface area contributed by atoms with Gasteiger partial charge in [-0.2, -0.15) is 0 Å². The maximum Gasteiger partial charge on any atom is 0.342 e. The summed E-state index contributed by atoms with van der Waals surface area (Å²) in [6, 6.07) is 8.50. The standard InChI is InChI=1S/C15H13ClN2O5/c1-22-14-7-13(17)12(16)6-11(14)15(19)23-8-9-2-4-10(5-3-9)18(20)21/h2-7H,8,17H2,1H3. The lowest BCUT2D eigenvalue weighted by atomic mass is 10.1. The number of nitro groups is 1. The number of carbonyl (C=O) groups excluding carboxylic acids is 1. The van der Waals surface area contributed by atoms with Crippen molar-refractivity contribution in [2.75, 3.05) is 12.8 Å². The summed E-state index contributed by atoms with van der Waals surface area (Å²) in [6.07, 6.45) is 0. The molecule has 0 aliphatic heterocycles. The summed E-state index contributed by atoms with van der Waals surface area (Å²) in [5, 5.41) is 10.8. The Bertz CT molecular complexity index is 746. The average Bonchev–Trinajstić information content (AvgIpc) is 2.55. The summed E-state index contributed by atoms with van der Waals surface area (Å²) in [5.74, 6) is -0.386. The molecule has 0 saturated carbocycles. The number of methoxy groups -OCH3 is 1. The van der Waals surface area contributed by atoms with Crippen LogP contribution in [0.25, 0.3) is 0 Å². The molecule has 120 valence electrons. The molecule has 8 heteroatoms. The molecule has 7 nitrogen and oxygen atoms in total. The van der Waals surface area contributed by atoms with Crippen molar-refractivity contribution in [3.8, 4) is 5.75 Å². The Labute approximate surface area is 136 Å². The fourth-order valence-electron chi connectivity index (χ4n) is 1.84. The number of anilines is 1. The van der Waals surface area contributed by atoms with E-state index in [2.05, 4.69) is 0 Å². The summed E-state index contributed by atoms with van der Waals surface area (Å²) in [6.45, 7) is -0.0397. The predicted octanol–water partition coefficient (Wildman–Crippen LogP) is 3.20. The molecule has 0 aromatic heterocycles. The SMILES string of the molecule is COc1cc(N)c(Cl)cc1C(=O)OCc1ccc([N+](=O)[O-])cc1. The van der Waals surface area contributed by atoms with E-state index in [0.717, 1.165) is 0 Å². The quantitative estimate of drug-likeness (QED) is 0.389. The maximum atomic E-state index is 12.1. The summed E-state index contributed by atoms with van der Waals surface area (Å²) in [4.78, 5) is 22.2. The molecule has 0 radical (unpaired) electrons. The van der Waals surface area contributed by atoms with E-state index >= 15 is 0 Å². The largest absolute Gasteiger partial charge is 0.496 e. The molecule has 0 heterocycles. The molecule has 2 rings (SSSR count). The van der Waals surface area contributed by atoms with Crippen molar-refractivity contribution in [3.05, 3.63) is 62.7 Å². The van der Waals surface area contributed by atoms with E-state index in [1.807, 2.05) is 0 Å². The number of ether oxygens (including phenoxy) is 2. The number of benzene rings is 2. The highest BCUT2D eigenvalue weighted by Gasteiger charge is 2.16. The van der Waals surface area contributed by atoms with Crippen LogP contribution in [-0.2, 0) is 11.3 Å². The normalized spacial score (nSPS) is 10.2. The maximum absolute atomic E-state index is 12.1. The first-order valence-electron chi connectivity index (χ1n) is 6.46. The molecular weight excluding hydrogens is 324 g/mol. The van der Waals surface area contributed by atoms with Gasteiger partial charge in [0, 0.05) is 18.2 Å². The Morgan fingerprint density at radius 1 is 1.30 bits per heavy atom. The van der Waals surface area contributed by atoms with Crippen LogP contribution in [-0.4, -0.2) is 18.0 Å². The minimum absolute atomic E-state index is 0.0351. The van der Waals surface area contributed by atoms with Crippen molar-refractivity contribution < 1.29 is 19.2 Å². The van der Waals surface area contributed by atoms with Crippen molar-refractivity contribution >= 4 is 28.9 Å². The van der Waals surface area contributed by atoms with Gasteiger partial charge < -0.3 is 15.2 Å². The number of non-ortho nitro benzene ring substituents is 1. The van der Waals surface area contributed by atoms with E-state index in [9.17, 15) is 14.9 Å². The third-order valence-electron chi connectivity index (χ3n) is 3.06. The molecule has 0 amide bonds. The number of halogens is 1. The second-order valence-electron chi connectivity index (χ2n) is 4.57. The number of nitrogens with two attached hydrogens (primary N) is 1. The van der Waals surface area contributed by atoms with Gasteiger partial charge in [-0.3, -0.25) is 10.1 Å². The van der Waals surface area contributed by atoms with E-state index in [-0.39, 0.29) is 34.3 Å². The highest BCUT2D eigenvalue weighted by Crippen LogP contribution is 2.29. The molecule has 0 spiro atoms. The number of nitrogen functional groups attached to an aromatic ring is 1. The van der Waals surface area contributed by atoms with Crippen molar-refractivity contribution in [2.24, 2.45) is 0 Å². The second-order valence-corrected chi connectivity index (χ2v) is 4.98. The zero-order chi connectivity index (χ0) is 17.0. The van der Waals surface area contributed by atoms with Gasteiger partial charge in [-0.05, 0) is 23.8 Å². The van der Waals surface area contributed by atoms with Gasteiger partial charge in [0.1, 0.15) is 17.9 Å². The summed E-state index contributed by atoms with van der Waals surface area (Å²) >= 11 is 5.90. The van der Waals surface area contributed by atoms with Crippen LogP contribution < -0.4 is 10.5 Å². The fourth-order valence-corrected chi connectivity index (χ4v) is 2.00. The van der Waals surface area contributed by atoms with Gasteiger partial charge in [0.2, 0.25) is 0 Å². The molecule has 2 aromatic rings. The minimum atomic E-state index is -0.637. The van der Waals surface area contributed by atoms with Gasteiger partial charge in [0.05, 0.1) is 22.7 Å². The van der Waals surface area contributed by atoms with Crippen molar-refractivity contribution in [1.29, 1.82) is 0 Å². The van der Waals surface area contributed by atoms with Gasteiger partial charge in [-0.15, -0.1) is 0 Å². The average molecular weight is 337 g/mol. The van der Waals surface area contributed by atoms with Crippen molar-refractivity contribution in [3.63, 3.8) is 0 Å². The van der Waals surface area contributed by atoms with Crippen molar-refractivity contribution in [2.45, 2.75) is 6.61 Å². The lowest BCUT2D eigenvalue weighted by Crippen LogP contribution is -2.08. The highest BCUT2D eigenvalue weighted by atomic mass is 35.5. The lowest BCUT2D eigenvalue weighted by Gasteiger charge is -2.10. The number of carbonyl (C=O) groups is 1. The molecule has 0 aliphatic rings. The number of hydrogen-bond donors (Lipinski definition) is 1. The molecule has 0 atom stereocenters. The Morgan fingerprint density at radius 2 is 1.96 bits per heavy atom. The molecule has 2 aromatic carbocycles. The van der Waals surface area contributed by atoms with Crippen LogP contribution in [0.4, 0.5) is 11.4 Å². The Balaban J connectivity index is 2.10. The van der Waals surface area contributed by atoms with Gasteiger partial charge in [0.15, 0.2) is 0 Å². The number of nitrogens with zero attached hydrogens (tertiary/aromatic N) is 1. The third kappa shape index (κ3) is 3.89. The Morgan fingerprint density at radius 3 is 2.52 bits per heavy atom. The van der Waals surface area contributed by atoms with Gasteiger partial charge in [-0.25, -0.2) is 4.79 Å². The van der Waals surface area contributed by atoms with Crippen LogP contribution in [0, 0.1) is 10.1 Å². The predicted molar refractivity (Wildman–Crippen MR) is 84.6 cm³/mol. The van der Waals surface area contributed by atoms with Crippen LogP contribution in [0.5, 0.6) is 5.75 Å². The number of rotatable bonds is 5. The smallest absolute Gasteiger partial charge is 0.342 e.